The van der Waals surface area contributed by atoms with Gasteiger partial charge < -0.3 is 29.9 Å². The molecule has 0 bridgehead atoms. The van der Waals surface area contributed by atoms with E-state index in [1.54, 1.807) is 24.3 Å². The quantitative estimate of drug-likeness (QED) is 0.300. The average Bonchev–Trinajstić information content (AvgIpc) is 2.90. The Balaban J connectivity index is 1.55. The lowest BCUT2D eigenvalue weighted by molar-refractivity contribution is 0.0135. The van der Waals surface area contributed by atoms with Crippen molar-refractivity contribution in [1.82, 2.24) is 0 Å². The van der Waals surface area contributed by atoms with Crippen LogP contribution in [0, 0.1) is 11.8 Å². The number of hydrogen-bond donors (Lipinski definition) is 4. The Morgan fingerprint density at radius 1 is 0.474 bits per heavy atom. The van der Waals surface area contributed by atoms with Crippen molar-refractivity contribution in [3.8, 4) is 34.5 Å². The number of ether oxygens (including phenoxy) is 2. The van der Waals surface area contributed by atoms with Crippen molar-refractivity contribution in [3.63, 3.8) is 0 Å². The molecule has 0 fully saturated rings. The van der Waals surface area contributed by atoms with Gasteiger partial charge >= 0.3 is 0 Å². The molecule has 0 unspecified atom stereocenters. The Morgan fingerprint density at radius 2 is 0.816 bits per heavy atom. The van der Waals surface area contributed by atoms with Crippen molar-refractivity contribution >= 4 is 11.6 Å². The molecule has 2 aliphatic heterocycles. The number of phenols is 4. The molecule has 38 heavy (non-hydrogen) atoms. The lowest BCUT2D eigenvalue weighted by Gasteiger charge is -2.42. The van der Waals surface area contributed by atoms with Crippen LogP contribution in [0.5, 0.6) is 34.5 Å². The number of Topliss-reactive ketones (excluding diaryl/α,β-unsaturated/α-hetero) is 2. The van der Waals surface area contributed by atoms with Crippen LogP contribution in [0.15, 0.2) is 84.9 Å². The van der Waals surface area contributed by atoms with Gasteiger partial charge in [0.15, 0.2) is 11.6 Å². The summed E-state index contributed by atoms with van der Waals surface area (Å²) in [5.74, 6) is -2.57. The van der Waals surface area contributed by atoms with E-state index in [1.165, 1.54) is 60.7 Å². The Labute approximate surface area is 217 Å². The number of rotatable bonds is 3. The van der Waals surface area contributed by atoms with Crippen LogP contribution in [0.1, 0.15) is 44.1 Å². The zero-order chi connectivity index (χ0) is 26.6. The van der Waals surface area contributed by atoms with Crippen LogP contribution in [0.4, 0.5) is 0 Å². The number of benzene rings is 4. The van der Waals surface area contributed by atoms with Gasteiger partial charge in [0.05, 0.1) is 23.0 Å². The summed E-state index contributed by atoms with van der Waals surface area (Å²) in [6.45, 7) is 0. The molecule has 190 valence electrons. The number of aromatic hydroxyl groups is 4. The molecule has 0 amide bonds. The smallest absolute Gasteiger partial charge is 0.174 e. The van der Waals surface area contributed by atoms with Gasteiger partial charge in [0.2, 0.25) is 0 Å². The first-order valence-corrected chi connectivity index (χ1v) is 12.0. The first-order chi connectivity index (χ1) is 18.3. The van der Waals surface area contributed by atoms with Crippen molar-refractivity contribution in [2.24, 2.45) is 11.8 Å². The minimum atomic E-state index is -1.05. The highest BCUT2D eigenvalue weighted by Crippen LogP contribution is 2.51. The summed E-state index contributed by atoms with van der Waals surface area (Å²) in [5, 5.41) is 39.8. The Kier molecular flexibility index (Phi) is 5.45. The summed E-state index contributed by atoms with van der Waals surface area (Å²) in [6, 6.07) is 20.7. The molecule has 4 aromatic rings. The van der Waals surface area contributed by atoms with Crippen LogP contribution < -0.4 is 9.47 Å². The van der Waals surface area contributed by atoms with E-state index in [9.17, 15) is 30.0 Å². The molecule has 4 atom stereocenters. The van der Waals surface area contributed by atoms with Gasteiger partial charge in [-0.2, -0.15) is 0 Å². The number of carbonyl (C=O) groups is 2. The van der Waals surface area contributed by atoms with Gasteiger partial charge in [-0.1, -0.05) is 24.3 Å². The highest BCUT2D eigenvalue weighted by Gasteiger charge is 2.52. The van der Waals surface area contributed by atoms with Crippen molar-refractivity contribution in [2.75, 3.05) is 0 Å². The van der Waals surface area contributed by atoms with Crippen LogP contribution in [-0.2, 0) is 0 Å². The second-order valence-electron chi connectivity index (χ2n) is 9.40. The summed E-state index contributed by atoms with van der Waals surface area (Å²) in [5.41, 5.74) is 1.53. The molecular weight excluding hydrogens is 488 g/mol. The molecule has 0 spiro atoms. The summed E-state index contributed by atoms with van der Waals surface area (Å²) >= 11 is 0. The molecule has 0 saturated carbocycles. The van der Waals surface area contributed by atoms with E-state index >= 15 is 0 Å². The maximum atomic E-state index is 14.1. The van der Waals surface area contributed by atoms with Crippen LogP contribution in [0.25, 0.3) is 0 Å². The number of phenolic OH excluding ortho intramolecular Hbond substituents is 4. The maximum Gasteiger partial charge on any atom is 0.174 e. The van der Waals surface area contributed by atoms with Crippen LogP contribution in [0.2, 0.25) is 0 Å². The first-order valence-electron chi connectivity index (χ1n) is 12.0. The molecule has 8 heteroatoms. The SMILES string of the molecule is O=C1c2ccc(O)cc2O[C@H](c2ccc(O)cc2)[C@H]1[C@@H]1C(=O)c2ccc(O)cc2O[C@H]1c1ccc(O)cc1. The van der Waals surface area contributed by atoms with E-state index in [1.807, 2.05) is 0 Å². The first kappa shape index (κ1) is 23.4. The lowest BCUT2D eigenvalue weighted by Crippen LogP contribution is -2.45. The topological polar surface area (TPSA) is 134 Å². The molecule has 2 heterocycles. The summed E-state index contributed by atoms with van der Waals surface area (Å²) < 4.78 is 12.6. The molecule has 0 radical (unpaired) electrons. The molecule has 4 aromatic carbocycles. The third-order valence-electron chi connectivity index (χ3n) is 7.06. The lowest BCUT2D eigenvalue weighted by atomic mass is 9.70. The van der Waals surface area contributed by atoms with E-state index in [0.717, 1.165) is 0 Å². The Hall–Kier alpha value is -4.98. The third-order valence-corrected chi connectivity index (χ3v) is 7.06. The monoisotopic (exact) mass is 510 g/mol. The van der Waals surface area contributed by atoms with Gasteiger partial charge in [0.1, 0.15) is 46.7 Å². The summed E-state index contributed by atoms with van der Waals surface area (Å²) in [7, 11) is 0. The maximum absolute atomic E-state index is 14.1. The van der Waals surface area contributed by atoms with Gasteiger partial charge in [0.25, 0.3) is 0 Å². The molecule has 4 N–H and O–H groups in total. The van der Waals surface area contributed by atoms with Crippen LogP contribution >= 0.6 is 0 Å². The number of hydrogen-bond acceptors (Lipinski definition) is 8. The van der Waals surface area contributed by atoms with Gasteiger partial charge in [0, 0.05) is 12.1 Å². The molecule has 0 aromatic heterocycles. The second-order valence-corrected chi connectivity index (χ2v) is 9.40. The van der Waals surface area contributed by atoms with E-state index < -0.39 is 24.0 Å². The standard InChI is InChI=1S/C30H22O8/c31-17-5-1-15(2-6-17)29-25(27(35)21-11-9-19(33)13-23(21)37-29)26-28(36)22-12-10-20(34)14-24(22)38-30(26)16-3-7-18(32)8-4-16/h1-14,25-26,29-34H/t25-,26+,29+,30-. The zero-order valence-corrected chi connectivity index (χ0v) is 19.8. The van der Waals surface area contributed by atoms with Crippen LogP contribution in [-0.4, -0.2) is 32.0 Å². The fraction of sp³-hybridized carbons (Fsp3) is 0.133. The fourth-order valence-corrected chi connectivity index (χ4v) is 5.26. The van der Waals surface area contributed by atoms with Crippen molar-refractivity contribution < 1.29 is 39.5 Å². The third kappa shape index (κ3) is 3.87. The minimum absolute atomic E-state index is 0.0262. The molecule has 0 aliphatic carbocycles. The van der Waals surface area contributed by atoms with E-state index in [2.05, 4.69) is 0 Å². The molecule has 6 rings (SSSR count). The van der Waals surface area contributed by atoms with Gasteiger partial charge in [-0.3, -0.25) is 9.59 Å². The second kappa shape index (κ2) is 8.85. The summed E-state index contributed by atoms with van der Waals surface area (Å²) in [6.07, 6.45) is -1.90. The zero-order valence-electron chi connectivity index (χ0n) is 19.8. The highest BCUT2D eigenvalue weighted by atomic mass is 16.5. The Bertz CT molecular complexity index is 1440. The normalized spacial score (nSPS) is 22.1. The molecular formula is C30H22O8. The van der Waals surface area contributed by atoms with E-state index in [0.29, 0.717) is 11.1 Å². The minimum Gasteiger partial charge on any atom is -0.508 e. The largest absolute Gasteiger partial charge is 0.508 e. The highest BCUT2D eigenvalue weighted by molar-refractivity contribution is 6.09. The predicted molar refractivity (Wildman–Crippen MR) is 135 cm³/mol. The predicted octanol–water partition coefficient (Wildman–Crippen LogP) is 5.07. The number of ketones is 2. The average molecular weight is 510 g/mol. The van der Waals surface area contributed by atoms with Gasteiger partial charge in [-0.25, -0.2) is 0 Å². The molecule has 0 saturated heterocycles. The van der Waals surface area contributed by atoms with Crippen LogP contribution in [0.3, 0.4) is 0 Å². The van der Waals surface area contributed by atoms with E-state index in [-0.39, 0.29) is 57.2 Å². The Morgan fingerprint density at radius 3 is 1.18 bits per heavy atom. The molecule has 2 aliphatic rings. The van der Waals surface area contributed by atoms with Crippen molar-refractivity contribution in [3.05, 3.63) is 107 Å². The van der Waals surface area contributed by atoms with Crippen molar-refractivity contribution in [1.29, 1.82) is 0 Å². The van der Waals surface area contributed by atoms with E-state index in [4.69, 9.17) is 9.47 Å². The number of carbonyl (C=O) groups excluding carboxylic acids is 2. The van der Waals surface area contributed by atoms with Gasteiger partial charge in [-0.05, 0) is 59.7 Å². The fourth-order valence-electron chi connectivity index (χ4n) is 5.26. The van der Waals surface area contributed by atoms with Gasteiger partial charge in [-0.15, -0.1) is 0 Å². The molecule has 8 nitrogen and oxygen atoms in total. The van der Waals surface area contributed by atoms with Crippen molar-refractivity contribution in [2.45, 2.75) is 12.2 Å². The number of fused-ring (bicyclic) bond motifs is 2. The summed E-state index contributed by atoms with van der Waals surface area (Å²) in [4.78, 5) is 28.2.